The van der Waals surface area contributed by atoms with Gasteiger partial charge in [-0.2, -0.15) is 0 Å². The highest BCUT2D eigenvalue weighted by Crippen LogP contribution is 2.39. The van der Waals surface area contributed by atoms with Crippen LogP contribution in [0.25, 0.3) is 0 Å². The molecule has 0 aromatic heterocycles. The van der Waals surface area contributed by atoms with Crippen LogP contribution in [-0.4, -0.2) is 18.5 Å². The van der Waals surface area contributed by atoms with Crippen LogP contribution in [0.4, 0.5) is 11.4 Å². The molecular weight excluding hydrogens is 250 g/mol. The predicted molar refractivity (Wildman–Crippen MR) is 81.7 cm³/mol. The number of carbonyl (C=O) groups excluding carboxylic acids is 1. The number of amides is 1. The summed E-state index contributed by atoms with van der Waals surface area (Å²) in [5, 5.41) is 0. The van der Waals surface area contributed by atoms with Gasteiger partial charge in [-0.05, 0) is 49.8 Å². The quantitative estimate of drug-likeness (QED) is 0.813. The van der Waals surface area contributed by atoms with E-state index in [0.29, 0.717) is 17.3 Å². The fraction of sp³-hybridized carbons (Fsp3) is 0.562. The highest BCUT2D eigenvalue weighted by molar-refractivity contribution is 5.99. The van der Waals surface area contributed by atoms with Crippen LogP contribution in [-0.2, 0) is 0 Å². The zero-order valence-corrected chi connectivity index (χ0v) is 11.8. The maximum atomic E-state index is 11.7. The number of nitrogens with zero attached hydrogens (tertiary/aromatic N) is 1. The normalized spacial score (nSPS) is 26.1. The highest BCUT2D eigenvalue weighted by Gasteiger charge is 2.34. The average molecular weight is 273 g/mol. The monoisotopic (exact) mass is 273 g/mol. The molecule has 1 amide bonds. The predicted octanol–water partition coefficient (Wildman–Crippen LogP) is 2.53. The minimum Gasteiger partial charge on any atom is -0.399 e. The number of carbonyl (C=O) groups is 1. The third-order valence-electron chi connectivity index (χ3n) is 4.84. The Hall–Kier alpha value is -1.71. The van der Waals surface area contributed by atoms with Gasteiger partial charge in [-0.15, -0.1) is 0 Å². The molecule has 1 saturated carbocycles. The third kappa shape index (κ3) is 2.35. The van der Waals surface area contributed by atoms with Crippen molar-refractivity contribution in [2.24, 2.45) is 11.7 Å². The number of nitrogen functional groups attached to an aromatic ring is 1. The van der Waals surface area contributed by atoms with Gasteiger partial charge in [0, 0.05) is 24.0 Å². The fourth-order valence-corrected chi connectivity index (χ4v) is 3.93. The van der Waals surface area contributed by atoms with Crippen molar-refractivity contribution in [3.63, 3.8) is 0 Å². The topological polar surface area (TPSA) is 72.3 Å². The van der Waals surface area contributed by atoms with E-state index in [1.807, 2.05) is 12.1 Å². The van der Waals surface area contributed by atoms with Crippen LogP contribution < -0.4 is 16.4 Å². The molecule has 108 valence electrons. The van der Waals surface area contributed by atoms with Crippen LogP contribution >= 0.6 is 0 Å². The summed E-state index contributed by atoms with van der Waals surface area (Å²) in [4.78, 5) is 14.1. The van der Waals surface area contributed by atoms with E-state index in [-0.39, 0.29) is 5.91 Å². The lowest BCUT2D eigenvalue weighted by Crippen LogP contribution is -2.47. The molecular formula is C16H23N3O. The number of hydrogen-bond acceptors (Lipinski definition) is 3. The Balaban J connectivity index is 1.96. The first kappa shape index (κ1) is 13.3. The molecule has 1 aromatic rings. The summed E-state index contributed by atoms with van der Waals surface area (Å²) in [6, 6.07) is 6.12. The van der Waals surface area contributed by atoms with Crippen LogP contribution in [0.1, 0.15) is 48.9 Å². The van der Waals surface area contributed by atoms with Gasteiger partial charge in [0.05, 0.1) is 5.56 Å². The van der Waals surface area contributed by atoms with Crippen molar-refractivity contribution in [2.45, 2.75) is 44.6 Å². The van der Waals surface area contributed by atoms with Gasteiger partial charge in [-0.3, -0.25) is 4.79 Å². The third-order valence-corrected chi connectivity index (χ3v) is 4.84. The van der Waals surface area contributed by atoms with Gasteiger partial charge in [-0.1, -0.05) is 12.8 Å². The molecule has 1 heterocycles. The fourth-order valence-electron chi connectivity index (χ4n) is 3.93. The van der Waals surface area contributed by atoms with Crippen molar-refractivity contribution in [3.8, 4) is 0 Å². The van der Waals surface area contributed by atoms with E-state index in [1.54, 1.807) is 6.07 Å². The molecule has 0 bridgehead atoms. The number of benzene rings is 1. The number of fused-ring (bicyclic) bond motifs is 1. The van der Waals surface area contributed by atoms with Crippen LogP contribution in [0.15, 0.2) is 18.2 Å². The van der Waals surface area contributed by atoms with Gasteiger partial charge in [0.25, 0.3) is 5.91 Å². The molecule has 2 aliphatic rings. The summed E-state index contributed by atoms with van der Waals surface area (Å²) in [6.45, 7) is 1.02. The molecule has 4 nitrogen and oxygen atoms in total. The smallest absolute Gasteiger partial charge is 0.250 e. The zero-order valence-electron chi connectivity index (χ0n) is 11.8. The highest BCUT2D eigenvalue weighted by atomic mass is 16.1. The number of piperidine rings is 1. The van der Waals surface area contributed by atoms with Crippen LogP contribution in [0.2, 0.25) is 0 Å². The van der Waals surface area contributed by atoms with E-state index in [0.717, 1.165) is 18.2 Å². The summed E-state index contributed by atoms with van der Waals surface area (Å²) in [7, 11) is 0. The lowest BCUT2D eigenvalue weighted by Gasteiger charge is -2.46. The van der Waals surface area contributed by atoms with Crippen molar-refractivity contribution in [3.05, 3.63) is 23.8 Å². The summed E-state index contributed by atoms with van der Waals surface area (Å²) in [6.07, 6.45) is 7.71. The Kier molecular flexibility index (Phi) is 3.55. The van der Waals surface area contributed by atoms with Gasteiger partial charge < -0.3 is 16.4 Å². The summed E-state index contributed by atoms with van der Waals surface area (Å²) in [5.74, 6) is 0.390. The van der Waals surface area contributed by atoms with E-state index in [1.165, 1.54) is 38.5 Å². The molecule has 1 aliphatic carbocycles. The largest absolute Gasteiger partial charge is 0.399 e. The van der Waals surface area contributed by atoms with E-state index in [4.69, 9.17) is 11.5 Å². The van der Waals surface area contributed by atoms with E-state index in [9.17, 15) is 4.79 Å². The molecule has 0 unspecified atom stereocenters. The summed E-state index contributed by atoms with van der Waals surface area (Å²) < 4.78 is 0. The first-order chi connectivity index (χ1) is 9.66. The molecule has 4 N–H and O–H groups in total. The van der Waals surface area contributed by atoms with Gasteiger partial charge in [0.1, 0.15) is 0 Å². The summed E-state index contributed by atoms with van der Waals surface area (Å²) in [5.41, 5.74) is 13.5. The number of rotatable bonds is 2. The molecule has 1 aliphatic heterocycles. The molecule has 0 radical (unpaired) electrons. The second-order valence-electron chi connectivity index (χ2n) is 6.09. The van der Waals surface area contributed by atoms with Crippen molar-refractivity contribution in [2.75, 3.05) is 17.2 Å². The minimum atomic E-state index is -0.384. The SMILES string of the molecule is NC(=O)c1cc(N)ccc1N1CCC[C@H]2CCCC[C@H]21. The minimum absolute atomic E-state index is 0.384. The van der Waals surface area contributed by atoms with Crippen molar-refractivity contribution in [1.29, 1.82) is 0 Å². The van der Waals surface area contributed by atoms with Gasteiger partial charge >= 0.3 is 0 Å². The second-order valence-corrected chi connectivity index (χ2v) is 6.09. The van der Waals surface area contributed by atoms with Crippen LogP contribution in [0, 0.1) is 5.92 Å². The van der Waals surface area contributed by atoms with E-state index in [2.05, 4.69) is 4.90 Å². The maximum absolute atomic E-state index is 11.7. The van der Waals surface area contributed by atoms with Crippen molar-refractivity contribution in [1.82, 2.24) is 0 Å². The second kappa shape index (κ2) is 5.35. The number of nitrogens with two attached hydrogens (primary N) is 2. The lowest BCUT2D eigenvalue weighted by atomic mass is 9.78. The zero-order chi connectivity index (χ0) is 14.1. The van der Waals surface area contributed by atoms with E-state index >= 15 is 0 Å². The van der Waals surface area contributed by atoms with E-state index < -0.39 is 0 Å². The number of hydrogen-bond donors (Lipinski definition) is 2. The molecule has 4 heteroatoms. The first-order valence-electron chi connectivity index (χ1n) is 7.63. The molecule has 2 atom stereocenters. The maximum Gasteiger partial charge on any atom is 0.250 e. The number of primary amides is 1. The van der Waals surface area contributed by atoms with Crippen LogP contribution in [0.5, 0.6) is 0 Å². The van der Waals surface area contributed by atoms with Crippen molar-refractivity contribution < 1.29 is 4.79 Å². The Labute approximate surface area is 120 Å². The molecule has 0 spiro atoms. The molecule has 3 rings (SSSR count). The molecule has 1 aromatic carbocycles. The Bertz CT molecular complexity index is 512. The Morgan fingerprint density at radius 1 is 1.15 bits per heavy atom. The number of anilines is 2. The molecule has 20 heavy (non-hydrogen) atoms. The van der Waals surface area contributed by atoms with Gasteiger partial charge in [0.15, 0.2) is 0 Å². The Morgan fingerprint density at radius 2 is 1.90 bits per heavy atom. The lowest BCUT2D eigenvalue weighted by molar-refractivity contribution is 0.100. The molecule has 2 fully saturated rings. The standard InChI is InChI=1S/C16H23N3O/c17-12-7-8-15(13(10-12)16(18)20)19-9-3-5-11-4-1-2-6-14(11)19/h7-8,10-11,14H,1-6,9,17H2,(H2,18,20)/t11-,14-/m1/s1. The van der Waals surface area contributed by atoms with Crippen molar-refractivity contribution >= 4 is 17.3 Å². The van der Waals surface area contributed by atoms with Gasteiger partial charge in [-0.25, -0.2) is 0 Å². The first-order valence-corrected chi connectivity index (χ1v) is 7.63. The molecule has 1 saturated heterocycles. The van der Waals surface area contributed by atoms with Gasteiger partial charge in [0.2, 0.25) is 0 Å². The average Bonchev–Trinajstić information content (AvgIpc) is 2.46. The summed E-state index contributed by atoms with van der Waals surface area (Å²) >= 11 is 0. The Morgan fingerprint density at radius 3 is 2.70 bits per heavy atom. The van der Waals surface area contributed by atoms with Crippen LogP contribution in [0.3, 0.4) is 0 Å².